The molecular weight excluding hydrogens is 563 g/mol. The lowest BCUT2D eigenvalue weighted by Crippen LogP contribution is -2.60. The number of hydrogen-bond donors (Lipinski definition) is 1. The van der Waals surface area contributed by atoms with Crippen LogP contribution in [0.3, 0.4) is 0 Å². The Kier molecular flexibility index (Phi) is 5.77. The number of phenolic OH excluding ortho intramolecular Hbond substituents is 1. The summed E-state index contributed by atoms with van der Waals surface area (Å²) in [4.78, 5) is 51.8. The van der Waals surface area contributed by atoms with Crippen molar-refractivity contribution in [3.05, 3.63) is 35.4 Å². The summed E-state index contributed by atoms with van der Waals surface area (Å²) in [5, 5.41) is 10.9. The van der Waals surface area contributed by atoms with Gasteiger partial charge in [0.2, 0.25) is 11.8 Å². The van der Waals surface area contributed by atoms with Crippen molar-refractivity contribution in [1.82, 2.24) is 9.80 Å². The molecule has 1 N–H and O–H groups in total. The van der Waals surface area contributed by atoms with Crippen LogP contribution in [0.15, 0.2) is 29.8 Å². The van der Waals surface area contributed by atoms with Crippen molar-refractivity contribution in [3.8, 4) is 11.5 Å². The highest BCUT2D eigenvalue weighted by Gasteiger charge is 2.76. The lowest BCUT2D eigenvalue weighted by Gasteiger charge is -2.50. The van der Waals surface area contributed by atoms with Crippen molar-refractivity contribution < 1.29 is 29.0 Å². The largest absolute Gasteiger partial charge is 0.508 e. The van der Waals surface area contributed by atoms with Crippen molar-refractivity contribution in [3.63, 3.8) is 0 Å². The minimum atomic E-state index is -1.96. The van der Waals surface area contributed by atoms with Gasteiger partial charge in [-0.05, 0) is 43.9 Å². The zero-order valence-corrected chi connectivity index (χ0v) is 22.1. The molecule has 6 unspecified atom stereocenters. The first-order valence-corrected chi connectivity index (χ1v) is 13.2. The number of likely N-dealkylation sites (tertiary alicyclic amines) is 2. The summed E-state index contributed by atoms with van der Waals surface area (Å²) in [6, 6.07) is 4.54. The molecule has 8 nitrogen and oxygen atoms in total. The second kappa shape index (κ2) is 8.21. The lowest BCUT2D eigenvalue weighted by molar-refractivity contribution is -0.141. The SMILES string of the molecule is CCN1C(=O)C2CC=C3C(CC4(Cl)C(=O)N(CBr)C(=O)C4(Cl)C3c3cc(OC)ccc3O)C2C1=O. The van der Waals surface area contributed by atoms with E-state index in [1.165, 1.54) is 18.1 Å². The molecule has 4 aliphatic rings. The van der Waals surface area contributed by atoms with Crippen LogP contribution in [0.5, 0.6) is 11.5 Å². The van der Waals surface area contributed by atoms with E-state index in [0.717, 1.165) is 4.90 Å². The fraction of sp³-hybridized carbons (Fsp3) is 0.500. The molecule has 0 radical (unpaired) electrons. The molecule has 2 aliphatic heterocycles. The maximum Gasteiger partial charge on any atom is 0.254 e. The molecule has 0 bridgehead atoms. The number of ether oxygens (including phenoxy) is 1. The number of nitrogens with zero attached hydrogens (tertiary/aromatic N) is 2. The maximum absolute atomic E-state index is 13.7. The quantitative estimate of drug-likeness (QED) is 0.252. The van der Waals surface area contributed by atoms with Gasteiger partial charge in [0.1, 0.15) is 11.5 Å². The normalized spacial score (nSPS) is 36.2. The van der Waals surface area contributed by atoms with E-state index in [0.29, 0.717) is 11.3 Å². The minimum Gasteiger partial charge on any atom is -0.508 e. The number of methoxy groups -OCH3 is 1. The Balaban J connectivity index is 1.76. The Labute approximate surface area is 220 Å². The highest BCUT2D eigenvalue weighted by molar-refractivity contribution is 9.09. The van der Waals surface area contributed by atoms with E-state index in [1.807, 2.05) is 6.08 Å². The summed E-state index contributed by atoms with van der Waals surface area (Å²) < 4.78 is 5.34. The molecular formula is C24H23BrCl2N2O6. The smallest absolute Gasteiger partial charge is 0.254 e. The molecule has 2 saturated heterocycles. The number of amides is 4. The predicted octanol–water partition coefficient (Wildman–Crippen LogP) is 3.13. The van der Waals surface area contributed by atoms with Gasteiger partial charge >= 0.3 is 0 Å². The summed E-state index contributed by atoms with van der Waals surface area (Å²) in [5.41, 5.74) is 0.777. The van der Waals surface area contributed by atoms with Crippen LogP contribution in [0.1, 0.15) is 31.2 Å². The average Bonchev–Trinajstić information content (AvgIpc) is 3.17. The summed E-state index contributed by atoms with van der Waals surface area (Å²) in [6.45, 7) is 1.98. The van der Waals surface area contributed by atoms with Crippen LogP contribution in [0.2, 0.25) is 0 Å². The summed E-state index contributed by atoms with van der Waals surface area (Å²) >= 11 is 17.4. The lowest BCUT2D eigenvalue weighted by atomic mass is 9.56. The minimum absolute atomic E-state index is 0.0864. The first kappa shape index (κ1) is 24.6. The molecule has 2 aliphatic carbocycles. The topological polar surface area (TPSA) is 104 Å². The monoisotopic (exact) mass is 584 g/mol. The molecule has 2 heterocycles. The Morgan fingerprint density at radius 1 is 1.11 bits per heavy atom. The van der Waals surface area contributed by atoms with E-state index in [-0.39, 0.29) is 48.0 Å². The average molecular weight is 586 g/mol. The van der Waals surface area contributed by atoms with Crippen LogP contribution < -0.4 is 4.74 Å². The molecule has 11 heteroatoms. The molecule has 3 fully saturated rings. The second-order valence-corrected chi connectivity index (χ2v) is 11.1. The predicted molar refractivity (Wildman–Crippen MR) is 130 cm³/mol. The zero-order chi connectivity index (χ0) is 25.4. The zero-order valence-electron chi connectivity index (χ0n) is 19.0. The highest BCUT2D eigenvalue weighted by Crippen LogP contribution is 2.66. The van der Waals surface area contributed by atoms with E-state index in [1.54, 1.807) is 19.1 Å². The highest BCUT2D eigenvalue weighted by atomic mass is 79.9. The molecule has 0 aromatic heterocycles. The van der Waals surface area contributed by atoms with Crippen LogP contribution in [-0.2, 0) is 19.2 Å². The fourth-order valence-electron chi connectivity index (χ4n) is 6.37. The Morgan fingerprint density at radius 2 is 1.83 bits per heavy atom. The van der Waals surface area contributed by atoms with Crippen molar-refractivity contribution in [2.45, 2.75) is 35.4 Å². The number of carbonyl (C=O) groups is 4. The summed E-state index contributed by atoms with van der Waals surface area (Å²) in [7, 11) is 1.46. The third-order valence-corrected chi connectivity index (χ3v) is 9.88. The molecule has 35 heavy (non-hydrogen) atoms. The fourth-order valence-corrected chi connectivity index (χ4v) is 7.78. The molecule has 4 amide bonds. The van der Waals surface area contributed by atoms with Gasteiger partial charge in [-0.25, -0.2) is 0 Å². The van der Waals surface area contributed by atoms with Gasteiger partial charge in [0.25, 0.3) is 11.8 Å². The van der Waals surface area contributed by atoms with E-state index >= 15 is 0 Å². The summed E-state index contributed by atoms with van der Waals surface area (Å²) in [6.07, 6.45) is 2.02. The number of halogens is 3. The van der Waals surface area contributed by atoms with E-state index in [2.05, 4.69) is 15.9 Å². The van der Waals surface area contributed by atoms with Gasteiger partial charge in [0, 0.05) is 18.0 Å². The van der Waals surface area contributed by atoms with Gasteiger partial charge in [-0.3, -0.25) is 29.0 Å². The number of carbonyl (C=O) groups excluding carboxylic acids is 4. The Hall–Kier alpha value is -2.10. The molecule has 0 spiro atoms. The van der Waals surface area contributed by atoms with E-state index in [4.69, 9.17) is 27.9 Å². The van der Waals surface area contributed by atoms with Crippen LogP contribution in [0.25, 0.3) is 0 Å². The van der Waals surface area contributed by atoms with Crippen LogP contribution >= 0.6 is 39.1 Å². The third kappa shape index (κ3) is 2.98. The van der Waals surface area contributed by atoms with E-state index < -0.39 is 45.2 Å². The number of alkyl halides is 3. The van der Waals surface area contributed by atoms with Crippen LogP contribution in [0, 0.1) is 17.8 Å². The molecule has 1 aromatic rings. The molecule has 1 aromatic carbocycles. The first-order chi connectivity index (χ1) is 16.6. The van der Waals surface area contributed by atoms with Crippen molar-refractivity contribution in [2.24, 2.45) is 17.8 Å². The number of fused-ring (bicyclic) bond motifs is 4. The number of benzene rings is 1. The van der Waals surface area contributed by atoms with Gasteiger partial charge < -0.3 is 9.84 Å². The summed E-state index contributed by atoms with van der Waals surface area (Å²) in [5.74, 6) is -4.61. The molecule has 186 valence electrons. The van der Waals surface area contributed by atoms with Gasteiger partial charge in [0.15, 0.2) is 9.75 Å². The van der Waals surface area contributed by atoms with Crippen molar-refractivity contribution in [2.75, 3.05) is 19.1 Å². The third-order valence-electron chi connectivity index (χ3n) is 7.97. The number of imide groups is 2. The Morgan fingerprint density at radius 3 is 2.46 bits per heavy atom. The maximum atomic E-state index is 13.7. The van der Waals surface area contributed by atoms with Crippen molar-refractivity contribution in [1.29, 1.82) is 0 Å². The van der Waals surface area contributed by atoms with Gasteiger partial charge in [-0.2, -0.15) is 0 Å². The standard InChI is InChI=1S/C24H23BrCl2N2O6/c1-3-28-19(31)13-6-5-12-15(17(13)20(28)32)9-23(26)21(33)29(10-25)22(34)24(23,27)18(12)14-8-11(35-2)4-7-16(14)30/h4-5,7-8,13,15,17-18,30H,3,6,9-10H2,1-2H3. The van der Waals surface area contributed by atoms with Gasteiger partial charge in [-0.15, -0.1) is 23.2 Å². The number of hydrogen-bond acceptors (Lipinski definition) is 6. The number of rotatable bonds is 4. The number of phenols is 1. The first-order valence-electron chi connectivity index (χ1n) is 11.3. The molecule has 5 rings (SSSR count). The molecule has 1 saturated carbocycles. The second-order valence-electron chi connectivity index (χ2n) is 9.33. The molecule has 6 atom stereocenters. The number of aromatic hydroxyl groups is 1. The van der Waals surface area contributed by atoms with Gasteiger partial charge in [-0.1, -0.05) is 27.6 Å². The van der Waals surface area contributed by atoms with Crippen molar-refractivity contribution >= 4 is 62.8 Å². The van der Waals surface area contributed by atoms with Crippen LogP contribution in [0.4, 0.5) is 0 Å². The number of allylic oxidation sites excluding steroid dienone is 2. The Bertz CT molecular complexity index is 1210. The van der Waals surface area contributed by atoms with Crippen LogP contribution in [-0.4, -0.2) is 67.4 Å². The van der Waals surface area contributed by atoms with E-state index in [9.17, 15) is 24.3 Å². The van der Waals surface area contributed by atoms with Gasteiger partial charge in [0.05, 0.1) is 24.4 Å².